The van der Waals surface area contributed by atoms with Gasteiger partial charge in [-0.1, -0.05) is 33.3 Å². The molecule has 3 atom stereocenters. The van der Waals surface area contributed by atoms with Crippen molar-refractivity contribution in [2.75, 3.05) is 32.1 Å². The molecule has 30 heavy (non-hydrogen) atoms. The molecule has 168 valence electrons. The standard InChI is InChI=1S/C23H37N3O4/c1-5-17-14-26(23(29)25-19-7-6-8-21(13-19)30-4)10-9-18(17)12-22(28)24-20(15-27)11-16(2)3/h6-8,13,16-18,20,27H,5,9-12,14-15H2,1-4H3,(H,24,28)(H,25,29). The SMILES string of the molecule is CCC1CN(C(=O)Nc2cccc(OC)c2)CCC1CC(=O)NC(CO)CC(C)C. The molecule has 1 saturated heterocycles. The average molecular weight is 420 g/mol. The summed E-state index contributed by atoms with van der Waals surface area (Å²) in [7, 11) is 1.60. The minimum atomic E-state index is -0.189. The fraction of sp³-hybridized carbons (Fsp3) is 0.652. The van der Waals surface area contributed by atoms with Gasteiger partial charge in [-0.2, -0.15) is 0 Å². The summed E-state index contributed by atoms with van der Waals surface area (Å²) in [4.78, 5) is 27.1. The van der Waals surface area contributed by atoms with Crippen LogP contribution in [-0.2, 0) is 4.79 Å². The Bertz CT molecular complexity index is 695. The van der Waals surface area contributed by atoms with E-state index in [2.05, 4.69) is 31.4 Å². The van der Waals surface area contributed by atoms with E-state index in [-0.39, 0.29) is 36.4 Å². The van der Waals surface area contributed by atoms with E-state index in [0.717, 1.165) is 19.3 Å². The molecule has 1 aliphatic rings. The summed E-state index contributed by atoms with van der Waals surface area (Å²) < 4.78 is 5.21. The molecule has 1 aromatic carbocycles. The number of ether oxygens (including phenoxy) is 1. The van der Waals surface area contributed by atoms with Crippen LogP contribution in [-0.4, -0.2) is 54.8 Å². The molecule has 0 radical (unpaired) electrons. The monoisotopic (exact) mass is 419 g/mol. The molecule has 1 aromatic rings. The van der Waals surface area contributed by atoms with Crippen molar-refractivity contribution in [1.29, 1.82) is 0 Å². The molecule has 1 aliphatic heterocycles. The van der Waals surface area contributed by atoms with Crippen molar-refractivity contribution >= 4 is 17.6 Å². The molecule has 0 aromatic heterocycles. The molecule has 0 bridgehead atoms. The molecule has 1 heterocycles. The maximum Gasteiger partial charge on any atom is 0.321 e. The Morgan fingerprint density at radius 1 is 1.30 bits per heavy atom. The number of amides is 3. The number of methoxy groups -OCH3 is 1. The lowest BCUT2D eigenvalue weighted by molar-refractivity contribution is -0.124. The zero-order valence-electron chi connectivity index (χ0n) is 18.7. The largest absolute Gasteiger partial charge is 0.497 e. The highest BCUT2D eigenvalue weighted by Crippen LogP contribution is 2.29. The number of piperidine rings is 1. The lowest BCUT2D eigenvalue weighted by atomic mass is 9.81. The Morgan fingerprint density at radius 3 is 2.70 bits per heavy atom. The third-order valence-electron chi connectivity index (χ3n) is 5.81. The van der Waals surface area contributed by atoms with E-state index >= 15 is 0 Å². The van der Waals surface area contributed by atoms with Crippen LogP contribution in [0.5, 0.6) is 5.75 Å². The van der Waals surface area contributed by atoms with Crippen molar-refractivity contribution in [3.05, 3.63) is 24.3 Å². The van der Waals surface area contributed by atoms with Crippen LogP contribution in [0.3, 0.4) is 0 Å². The number of carbonyl (C=O) groups excluding carboxylic acids is 2. The van der Waals surface area contributed by atoms with Gasteiger partial charge in [-0.15, -0.1) is 0 Å². The van der Waals surface area contributed by atoms with Gasteiger partial charge in [0.15, 0.2) is 0 Å². The molecule has 2 rings (SSSR count). The maximum atomic E-state index is 12.7. The number of nitrogens with one attached hydrogen (secondary N) is 2. The first-order chi connectivity index (χ1) is 14.4. The van der Waals surface area contributed by atoms with Crippen molar-refractivity contribution in [2.24, 2.45) is 17.8 Å². The fourth-order valence-electron chi connectivity index (χ4n) is 4.17. The number of rotatable bonds is 9. The average Bonchev–Trinajstić information content (AvgIpc) is 2.73. The summed E-state index contributed by atoms with van der Waals surface area (Å²) >= 11 is 0. The summed E-state index contributed by atoms with van der Waals surface area (Å²) in [6.45, 7) is 7.49. The van der Waals surface area contributed by atoms with Gasteiger partial charge in [0.05, 0.1) is 19.8 Å². The van der Waals surface area contributed by atoms with Crippen molar-refractivity contribution in [3.8, 4) is 5.75 Å². The van der Waals surface area contributed by atoms with Crippen LogP contribution in [0.2, 0.25) is 0 Å². The molecule has 1 fully saturated rings. The zero-order chi connectivity index (χ0) is 22.1. The second kappa shape index (κ2) is 11.8. The van der Waals surface area contributed by atoms with Crippen LogP contribution >= 0.6 is 0 Å². The van der Waals surface area contributed by atoms with Crippen LogP contribution in [0.15, 0.2) is 24.3 Å². The Morgan fingerprint density at radius 2 is 2.07 bits per heavy atom. The molecule has 7 heteroatoms. The van der Waals surface area contributed by atoms with Gasteiger partial charge < -0.3 is 25.4 Å². The highest BCUT2D eigenvalue weighted by atomic mass is 16.5. The molecule has 3 unspecified atom stereocenters. The molecule has 0 aliphatic carbocycles. The summed E-state index contributed by atoms with van der Waals surface area (Å²) in [5, 5.41) is 15.4. The summed E-state index contributed by atoms with van der Waals surface area (Å²) in [5.74, 6) is 1.62. The molecular weight excluding hydrogens is 382 g/mol. The lowest BCUT2D eigenvalue weighted by Gasteiger charge is -2.38. The Labute approximate surface area is 180 Å². The van der Waals surface area contributed by atoms with Crippen LogP contribution in [0.25, 0.3) is 0 Å². The van der Waals surface area contributed by atoms with Gasteiger partial charge in [0.1, 0.15) is 5.75 Å². The number of likely N-dealkylation sites (tertiary alicyclic amines) is 1. The van der Waals surface area contributed by atoms with Crippen molar-refractivity contribution in [2.45, 2.75) is 52.5 Å². The van der Waals surface area contributed by atoms with Gasteiger partial charge in [0.25, 0.3) is 0 Å². The third kappa shape index (κ3) is 7.20. The van der Waals surface area contributed by atoms with E-state index in [1.165, 1.54) is 0 Å². The van der Waals surface area contributed by atoms with Crippen molar-refractivity contribution in [3.63, 3.8) is 0 Å². The molecular formula is C23H37N3O4. The van der Waals surface area contributed by atoms with Gasteiger partial charge in [-0.05, 0) is 42.7 Å². The molecule has 3 N–H and O–H groups in total. The maximum absolute atomic E-state index is 12.7. The highest BCUT2D eigenvalue weighted by Gasteiger charge is 2.32. The van der Waals surface area contributed by atoms with Gasteiger partial charge >= 0.3 is 6.03 Å². The van der Waals surface area contributed by atoms with Crippen molar-refractivity contribution in [1.82, 2.24) is 10.2 Å². The predicted octanol–water partition coefficient (Wildman–Crippen LogP) is 3.49. The topological polar surface area (TPSA) is 90.9 Å². The number of urea groups is 1. The number of aliphatic hydroxyl groups is 1. The number of hydrogen-bond acceptors (Lipinski definition) is 4. The number of carbonyl (C=O) groups is 2. The quantitative estimate of drug-likeness (QED) is 0.571. The lowest BCUT2D eigenvalue weighted by Crippen LogP contribution is -2.47. The predicted molar refractivity (Wildman–Crippen MR) is 119 cm³/mol. The van der Waals surface area contributed by atoms with Crippen LogP contribution < -0.4 is 15.4 Å². The highest BCUT2D eigenvalue weighted by molar-refractivity contribution is 5.89. The first kappa shape index (κ1) is 24.0. The van der Waals surface area contributed by atoms with E-state index in [1.54, 1.807) is 13.2 Å². The molecule has 0 spiro atoms. The smallest absolute Gasteiger partial charge is 0.321 e. The van der Waals surface area contributed by atoms with Crippen LogP contribution in [0.1, 0.15) is 46.5 Å². The normalized spacial score (nSPS) is 20.0. The summed E-state index contributed by atoms with van der Waals surface area (Å²) in [6, 6.07) is 6.99. The van der Waals surface area contributed by atoms with Crippen molar-refractivity contribution < 1.29 is 19.4 Å². The van der Waals surface area contributed by atoms with E-state index < -0.39 is 0 Å². The number of aliphatic hydroxyl groups excluding tert-OH is 1. The Kier molecular flexibility index (Phi) is 9.43. The fourth-order valence-corrected chi connectivity index (χ4v) is 4.17. The van der Waals surface area contributed by atoms with Crippen LogP contribution in [0.4, 0.5) is 10.5 Å². The van der Waals surface area contributed by atoms with Gasteiger partial charge in [0.2, 0.25) is 5.91 Å². The van der Waals surface area contributed by atoms with E-state index in [0.29, 0.717) is 36.9 Å². The minimum absolute atomic E-state index is 0.00701. The molecule has 7 nitrogen and oxygen atoms in total. The van der Waals surface area contributed by atoms with Gasteiger partial charge in [-0.25, -0.2) is 4.79 Å². The Balaban J connectivity index is 1.89. The summed E-state index contributed by atoms with van der Waals surface area (Å²) in [6.07, 6.45) is 2.92. The second-order valence-electron chi connectivity index (χ2n) is 8.61. The number of benzene rings is 1. The molecule has 3 amide bonds. The van der Waals surface area contributed by atoms with E-state index in [1.807, 2.05) is 23.1 Å². The van der Waals surface area contributed by atoms with Gasteiger partial charge in [-0.3, -0.25) is 4.79 Å². The summed E-state index contributed by atoms with van der Waals surface area (Å²) in [5.41, 5.74) is 0.703. The van der Waals surface area contributed by atoms with E-state index in [9.17, 15) is 14.7 Å². The van der Waals surface area contributed by atoms with E-state index in [4.69, 9.17) is 4.74 Å². The number of nitrogens with zero attached hydrogens (tertiary/aromatic N) is 1. The molecule has 0 saturated carbocycles. The second-order valence-corrected chi connectivity index (χ2v) is 8.61. The van der Waals surface area contributed by atoms with Gasteiger partial charge in [0, 0.05) is 31.3 Å². The zero-order valence-corrected chi connectivity index (χ0v) is 18.7. The Hall–Kier alpha value is -2.28. The number of anilines is 1. The third-order valence-corrected chi connectivity index (χ3v) is 5.81. The van der Waals surface area contributed by atoms with Crippen LogP contribution in [0, 0.1) is 17.8 Å². The first-order valence-corrected chi connectivity index (χ1v) is 11.0. The first-order valence-electron chi connectivity index (χ1n) is 11.0. The minimum Gasteiger partial charge on any atom is -0.497 e. The number of hydrogen-bond donors (Lipinski definition) is 3.